The zero-order valence-electron chi connectivity index (χ0n) is 11.8. The van der Waals surface area contributed by atoms with Gasteiger partial charge in [0.05, 0.1) is 11.7 Å². The standard InChI is InChI=1S/C17H22Br2O/c18-12-13(15-5-1-2-6-16(15)19)11-14-7-10-17(20-14)8-3-4-9-17/h1-2,5-6,13-14H,3-4,7-12H2. The molecule has 1 aliphatic carbocycles. The summed E-state index contributed by atoms with van der Waals surface area (Å²) in [6, 6.07) is 8.58. The van der Waals surface area contributed by atoms with E-state index in [1.54, 1.807) is 0 Å². The van der Waals surface area contributed by atoms with Crippen LogP contribution in [0.1, 0.15) is 56.4 Å². The van der Waals surface area contributed by atoms with Gasteiger partial charge in [0.2, 0.25) is 0 Å². The van der Waals surface area contributed by atoms with Crippen molar-refractivity contribution in [1.29, 1.82) is 0 Å². The predicted octanol–water partition coefficient (Wildman–Crippen LogP) is 5.81. The molecule has 2 atom stereocenters. The SMILES string of the molecule is BrCC(CC1CCC2(CCCC2)O1)c1ccccc1Br. The summed E-state index contributed by atoms with van der Waals surface area (Å²) in [5, 5.41) is 1.00. The van der Waals surface area contributed by atoms with E-state index < -0.39 is 0 Å². The molecule has 3 heteroatoms. The fourth-order valence-corrected chi connectivity index (χ4v) is 5.07. The molecule has 2 aliphatic rings. The maximum absolute atomic E-state index is 6.47. The lowest BCUT2D eigenvalue weighted by molar-refractivity contribution is -0.0404. The largest absolute Gasteiger partial charge is 0.372 e. The molecule has 3 rings (SSSR count). The summed E-state index contributed by atoms with van der Waals surface area (Å²) in [7, 11) is 0. The normalized spacial score (nSPS) is 26.2. The van der Waals surface area contributed by atoms with Gasteiger partial charge in [0.25, 0.3) is 0 Å². The topological polar surface area (TPSA) is 9.23 Å². The van der Waals surface area contributed by atoms with Crippen molar-refractivity contribution in [3.05, 3.63) is 34.3 Å². The zero-order valence-corrected chi connectivity index (χ0v) is 15.0. The van der Waals surface area contributed by atoms with Gasteiger partial charge in [-0.15, -0.1) is 0 Å². The number of ether oxygens (including phenoxy) is 1. The molecule has 1 aromatic carbocycles. The van der Waals surface area contributed by atoms with E-state index in [0.717, 1.165) is 11.8 Å². The van der Waals surface area contributed by atoms with E-state index in [0.29, 0.717) is 12.0 Å². The number of hydrogen-bond donors (Lipinski definition) is 0. The minimum Gasteiger partial charge on any atom is -0.372 e. The first-order valence-electron chi connectivity index (χ1n) is 7.71. The molecule has 0 radical (unpaired) electrons. The smallest absolute Gasteiger partial charge is 0.0687 e. The Morgan fingerprint density at radius 3 is 2.65 bits per heavy atom. The van der Waals surface area contributed by atoms with Crippen molar-refractivity contribution in [2.75, 3.05) is 5.33 Å². The Bertz CT molecular complexity index is 454. The maximum Gasteiger partial charge on any atom is 0.0687 e. The van der Waals surface area contributed by atoms with Crippen LogP contribution in [0.5, 0.6) is 0 Å². The van der Waals surface area contributed by atoms with Crippen LogP contribution in [0.4, 0.5) is 0 Å². The highest BCUT2D eigenvalue weighted by atomic mass is 79.9. The highest BCUT2D eigenvalue weighted by molar-refractivity contribution is 9.10. The second-order valence-corrected chi connectivity index (χ2v) is 7.78. The Balaban J connectivity index is 1.66. The van der Waals surface area contributed by atoms with Crippen molar-refractivity contribution in [3.63, 3.8) is 0 Å². The van der Waals surface area contributed by atoms with Gasteiger partial charge in [-0.05, 0) is 49.7 Å². The first-order chi connectivity index (χ1) is 9.72. The van der Waals surface area contributed by atoms with E-state index in [4.69, 9.17) is 4.74 Å². The first kappa shape index (κ1) is 15.1. The van der Waals surface area contributed by atoms with Gasteiger partial charge in [-0.25, -0.2) is 0 Å². The predicted molar refractivity (Wildman–Crippen MR) is 90.6 cm³/mol. The van der Waals surface area contributed by atoms with Gasteiger partial charge in [-0.3, -0.25) is 0 Å². The average Bonchev–Trinajstić information content (AvgIpc) is 3.08. The van der Waals surface area contributed by atoms with Gasteiger partial charge in [0.1, 0.15) is 0 Å². The molecule has 1 saturated heterocycles. The molecule has 0 amide bonds. The lowest BCUT2D eigenvalue weighted by atomic mass is 9.93. The van der Waals surface area contributed by atoms with E-state index in [1.165, 1.54) is 48.6 Å². The lowest BCUT2D eigenvalue weighted by Crippen LogP contribution is -2.25. The van der Waals surface area contributed by atoms with E-state index in [-0.39, 0.29) is 5.60 Å². The van der Waals surface area contributed by atoms with Gasteiger partial charge in [0.15, 0.2) is 0 Å². The van der Waals surface area contributed by atoms with Crippen LogP contribution < -0.4 is 0 Å². The Labute approximate surface area is 138 Å². The summed E-state index contributed by atoms with van der Waals surface area (Å²) in [6.07, 6.45) is 9.40. The highest BCUT2D eigenvalue weighted by Gasteiger charge is 2.42. The quantitative estimate of drug-likeness (QED) is 0.578. The molecular weight excluding hydrogens is 380 g/mol. The van der Waals surface area contributed by atoms with Crippen LogP contribution in [0, 0.1) is 0 Å². The van der Waals surface area contributed by atoms with Crippen LogP contribution >= 0.6 is 31.9 Å². The summed E-state index contributed by atoms with van der Waals surface area (Å²) in [5.41, 5.74) is 1.66. The fourth-order valence-electron chi connectivity index (χ4n) is 3.85. The Morgan fingerprint density at radius 2 is 1.95 bits per heavy atom. The molecule has 20 heavy (non-hydrogen) atoms. The molecule has 1 spiro atoms. The van der Waals surface area contributed by atoms with Crippen molar-refractivity contribution in [2.45, 2.75) is 62.6 Å². The first-order valence-corrected chi connectivity index (χ1v) is 9.62. The fraction of sp³-hybridized carbons (Fsp3) is 0.647. The van der Waals surface area contributed by atoms with Gasteiger partial charge >= 0.3 is 0 Å². The van der Waals surface area contributed by atoms with Gasteiger partial charge in [0, 0.05) is 9.80 Å². The number of rotatable bonds is 4. The number of benzene rings is 1. The summed E-state index contributed by atoms with van der Waals surface area (Å²) >= 11 is 7.38. The molecule has 1 saturated carbocycles. The second kappa shape index (κ2) is 6.50. The summed E-state index contributed by atoms with van der Waals surface area (Å²) in [6.45, 7) is 0. The molecule has 2 fully saturated rings. The minimum atomic E-state index is 0.259. The second-order valence-electron chi connectivity index (χ2n) is 6.28. The van der Waals surface area contributed by atoms with E-state index in [2.05, 4.69) is 56.1 Å². The third kappa shape index (κ3) is 3.15. The number of alkyl halides is 1. The van der Waals surface area contributed by atoms with Crippen LogP contribution in [-0.4, -0.2) is 17.0 Å². The van der Waals surface area contributed by atoms with Gasteiger partial charge in [-0.1, -0.05) is 62.9 Å². The Morgan fingerprint density at radius 1 is 1.20 bits per heavy atom. The zero-order chi connectivity index (χ0) is 14.0. The van der Waals surface area contributed by atoms with Crippen LogP contribution in [0.2, 0.25) is 0 Å². The van der Waals surface area contributed by atoms with Crippen molar-refractivity contribution >= 4 is 31.9 Å². The summed E-state index contributed by atoms with van der Waals surface area (Å²) in [4.78, 5) is 0. The maximum atomic E-state index is 6.47. The molecule has 1 aromatic rings. The van der Waals surface area contributed by atoms with Crippen LogP contribution in [0.25, 0.3) is 0 Å². The monoisotopic (exact) mass is 400 g/mol. The van der Waals surface area contributed by atoms with Crippen LogP contribution in [0.15, 0.2) is 28.7 Å². The molecule has 0 N–H and O–H groups in total. The summed E-state index contributed by atoms with van der Waals surface area (Å²) in [5.74, 6) is 0.534. The molecule has 2 unspecified atom stereocenters. The molecule has 1 aliphatic heterocycles. The van der Waals surface area contributed by atoms with Crippen molar-refractivity contribution in [1.82, 2.24) is 0 Å². The third-order valence-electron chi connectivity index (χ3n) is 4.93. The molecule has 110 valence electrons. The minimum absolute atomic E-state index is 0.259. The molecule has 1 heterocycles. The molecule has 0 aromatic heterocycles. The highest BCUT2D eigenvalue weighted by Crippen LogP contribution is 2.45. The average molecular weight is 402 g/mol. The lowest BCUT2D eigenvalue weighted by Gasteiger charge is -2.26. The van der Waals surface area contributed by atoms with E-state index in [9.17, 15) is 0 Å². The van der Waals surface area contributed by atoms with Gasteiger partial charge < -0.3 is 4.74 Å². The van der Waals surface area contributed by atoms with Crippen molar-refractivity contribution in [3.8, 4) is 0 Å². The molecular formula is C17H22Br2O. The summed E-state index contributed by atoms with van der Waals surface area (Å²) < 4.78 is 7.69. The van der Waals surface area contributed by atoms with Gasteiger partial charge in [-0.2, -0.15) is 0 Å². The Kier molecular flexibility index (Phi) is 4.89. The van der Waals surface area contributed by atoms with Crippen molar-refractivity contribution < 1.29 is 4.74 Å². The Hall–Kier alpha value is 0.140. The number of hydrogen-bond acceptors (Lipinski definition) is 1. The van der Waals surface area contributed by atoms with Crippen LogP contribution in [-0.2, 0) is 4.74 Å². The van der Waals surface area contributed by atoms with Crippen LogP contribution in [0.3, 0.4) is 0 Å². The van der Waals surface area contributed by atoms with E-state index >= 15 is 0 Å². The third-order valence-corrected chi connectivity index (χ3v) is 6.44. The number of halogens is 2. The van der Waals surface area contributed by atoms with E-state index in [1.807, 2.05) is 0 Å². The molecule has 1 nitrogen and oxygen atoms in total. The van der Waals surface area contributed by atoms with Crippen molar-refractivity contribution in [2.24, 2.45) is 0 Å². The molecule has 0 bridgehead atoms.